The van der Waals surface area contributed by atoms with Gasteiger partial charge in [0, 0.05) is 24.0 Å². The molecule has 1 heterocycles. The first-order chi connectivity index (χ1) is 14.5. The first kappa shape index (κ1) is 20.6. The number of aromatic nitrogens is 1. The quantitative estimate of drug-likeness (QED) is 0.356. The molecule has 0 aliphatic carbocycles. The first-order valence-corrected chi connectivity index (χ1v) is 9.32. The monoisotopic (exact) mass is 404 g/mol. The van der Waals surface area contributed by atoms with E-state index in [0.29, 0.717) is 5.69 Å². The van der Waals surface area contributed by atoms with E-state index in [-0.39, 0.29) is 30.1 Å². The van der Waals surface area contributed by atoms with Gasteiger partial charge in [0.05, 0.1) is 17.1 Å². The van der Waals surface area contributed by atoms with Crippen LogP contribution in [-0.2, 0) is 11.3 Å². The number of carbonyl (C=O) groups excluding carboxylic acids is 1. The predicted octanol–water partition coefficient (Wildman–Crippen LogP) is 4.35. The number of nitriles is 1. The largest absolute Gasteiger partial charge is 0.462 e. The lowest BCUT2D eigenvalue weighted by Gasteiger charge is -2.13. The molecule has 0 atom stereocenters. The van der Waals surface area contributed by atoms with Crippen molar-refractivity contribution in [1.82, 2.24) is 4.57 Å². The molecule has 0 aliphatic heterocycles. The molecule has 0 fully saturated rings. The average molecular weight is 404 g/mol. The zero-order valence-corrected chi connectivity index (χ0v) is 16.6. The highest BCUT2D eigenvalue weighted by Crippen LogP contribution is 2.29. The van der Waals surface area contributed by atoms with Crippen LogP contribution in [0.3, 0.4) is 0 Å². The summed E-state index contributed by atoms with van der Waals surface area (Å²) in [6.45, 7) is 4.04. The van der Waals surface area contributed by atoms with Gasteiger partial charge in [-0.15, -0.1) is 0 Å². The van der Waals surface area contributed by atoms with Gasteiger partial charge in [0.2, 0.25) is 0 Å². The van der Waals surface area contributed by atoms with E-state index in [9.17, 15) is 20.2 Å². The molecule has 2 aromatic carbocycles. The van der Waals surface area contributed by atoms with E-state index in [1.165, 1.54) is 18.2 Å². The first-order valence-electron chi connectivity index (χ1n) is 9.32. The lowest BCUT2D eigenvalue weighted by Crippen LogP contribution is -2.11. The molecule has 1 N–H and O–H groups in total. The Bertz CT molecular complexity index is 1130. The second-order valence-electron chi connectivity index (χ2n) is 6.50. The molecule has 0 unspecified atom stereocenters. The number of hydrogen-bond donors (Lipinski definition) is 1. The van der Waals surface area contributed by atoms with Gasteiger partial charge in [0.1, 0.15) is 17.5 Å². The van der Waals surface area contributed by atoms with Crippen LogP contribution in [0.1, 0.15) is 34.2 Å². The summed E-state index contributed by atoms with van der Waals surface area (Å²) in [4.78, 5) is 23.1. The van der Waals surface area contributed by atoms with Gasteiger partial charge in [0.15, 0.2) is 0 Å². The zero-order valence-electron chi connectivity index (χ0n) is 16.6. The number of hydrogen-bond acceptors (Lipinski definition) is 6. The van der Waals surface area contributed by atoms with E-state index in [2.05, 4.69) is 11.4 Å². The number of benzene rings is 2. The van der Waals surface area contributed by atoms with Crippen LogP contribution in [0.2, 0.25) is 0 Å². The van der Waals surface area contributed by atoms with Crippen molar-refractivity contribution in [3.63, 3.8) is 0 Å². The third-order valence-electron chi connectivity index (χ3n) is 4.59. The second-order valence-corrected chi connectivity index (χ2v) is 6.50. The van der Waals surface area contributed by atoms with Crippen LogP contribution in [0.4, 0.5) is 11.4 Å². The van der Waals surface area contributed by atoms with Crippen LogP contribution in [0.5, 0.6) is 0 Å². The number of aryl methyl sites for hydroxylation is 1. The number of rotatable bonds is 7. The van der Waals surface area contributed by atoms with Gasteiger partial charge < -0.3 is 14.6 Å². The highest BCUT2D eigenvalue weighted by molar-refractivity contribution is 5.98. The highest BCUT2D eigenvalue weighted by Gasteiger charge is 2.22. The van der Waals surface area contributed by atoms with Crippen LogP contribution in [0.25, 0.3) is 5.69 Å². The topological polar surface area (TPSA) is 110 Å². The van der Waals surface area contributed by atoms with Gasteiger partial charge in [-0.3, -0.25) is 10.1 Å². The summed E-state index contributed by atoms with van der Waals surface area (Å²) < 4.78 is 6.86. The molecule has 30 heavy (non-hydrogen) atoms. The molecule has 8 nitrogen and oxygen atoms in total. The van der Waals surface area contributed by atoms with Crippen molar-refractivity contribution in [1.29, 1.82) is 5.26 Å². The van der Waals surface area contributed by atoms with E-state index in [4.69, 9.17) is 4.74 Å². The fourth-order valence-electron chi connectivity index (χ4n) is 3.18. The normalized spacial score (nSPS) is 10.3. The molecule has 0 bridgehead atoms. The maximum absolute atomic E-state index is 12.2. The molecule has 3 rings (SSSR count). The van der Waals surface area contributed by atoms with E-state index >= 15 is 0 Å². The number of anilines is 1. The van der Waals surface area contributed by atoms with E-state index in [0.717, 1.165) is 16.9 Å². The number of nitro groups is 1. The van der Waals surface area contributed by atoms with Crippen LogP contribution >= 0.6 is 0 Å². The third kappa shape index (κ3) is 4.15. The Kier molecular flexibility index (Phi) is 6.13. The Balaban J connectivity index is 1.85. The minimum absolute atomic E-state index is 0.115. The Labute approximate surface area is 173 Å². The number of para-hydroxylation sites is 1. The van der Waals surface area contributed by atoms with Gasteiger partial charge in [0.25, 0.3) is 5.69 Å². The number of nitro benzene ring substituents is 1. The standard InChI is InChI=1S/C22H20N4O4/c1-3-30-22(27)19-5-4-6-20(26(28)29)21(19)24-14-16-8-11-17(12-9-16)25-15(2)7-10-18(25)13-23/h4-12,24H,3,14H2,1-2H3. The lowest BCUT2D eigenvalue weighted by atomic mass is 10.1. The van der Waals surface area contributed by atoms with E-state index in [1.54, 1.807) is 13.0 Å². The molecular formula is C22H20N4O4. The fraction of sp³-hybridized carbons (Fsp3) is 0.182. The molecule has 8 heteroatoms. The van der Waals surface area contributed by atoms with E-state index < -0.39 is 10.9 Å². The molecule has 0 radical (unpaired) electrons. The molecule has 0 saturated heterocycles. The molecule has 1 aromatic heterocycles. The Hall–Kier alpha value is -4.12. The summed E-state index contributed by atoms with van der Waals surface area (Å²) in [7, 11) is 0. The fourth-order valence-corrected chi connectivity index (χ4v) is 3.18. The van der Waals surface area contributed by atoms with Crippen molar-refractivity contribution >= 4 is 17.3 Å². The van der Waals surface area contributed by atoms with Crippen molar-refractivity contribution in [3.05, 3.63) is 87.2 Å². The number of carbonyl (C=O) groups is 1. The van der Waals surface area contributed by atoms with Gasteiger partial charge in [-0.2, -0.15) is 5.26 Å². The van der Waals surface area contributed by atoms with Gasteiger partial charge in [-0.05, 0) is 49.7 Å². The minimum atomic E-state index is -0.619. The van der Waals surface area contributed by atoms with Crippen molar-refractivity contribution in [2.45, 2.75) is 20.4 Å². The molecular weight excluding hydrogens is 384 g/mol. The second kappa shape index (κ2) is 8.92. The number of ether oxygens (including phenoxy) is 1. The Morgan fingerprint density at radius 3 is 2.57 bits per heavy atom. The van der Waals surface area contributed by atoms with Crippen molar-refractivity contribution in [2.24, 2.45) is 0 Å². The van der Waals surface area contributed by atoms with Crippen LogP contribution < -0.4 is 5.32 Å². The van der Waals surface area contributed by atoms with Gasteiger partial charge in [-0.1, -0.05) is 18.2 Å². The SMILES string of the molecule is CCOC(=O)c1cccc([N+](=O)[O-])c1NCc1ccc(-n2c(C)ccc2C#N)cc1. The summed E-state index contributed by atoms with van der Waals surface area (Å²) in [6.07, 6.45) is 0. The molecule has 3 aromatic rings. The Morgan fingerprint density at radius 1 is 1.20 bits per heavy atom. The smallest absolute Gasteiger partial charge is 0.340 e. The minimum Gasteiger partial charge on any atom is -0.462 e. The van der Waals surface area contributed by atoms with E-state index in [1.807, 2.05) is 41.8 Å². The summed E-state index contributed by atoms with van der Waals surface area (Å²) in [5.41, 5.74) is 3.22. The van der Waals surface area contributed by atoms with Gasteiger partial charge >= 0.3 is 5.97 Å². The lowest BCUT2D eigenvalue weighted by molar-refractivity contribution is -0.384. The summed E-state index contributed by atoms with van der Waals surface area (Å²) in [6, 6.07) is 17.6. The summed E-state index contributed by atoms with van der Waals surface area (Å²) >= 11 is 0. The predicted molar refractivity (Wildman–Crippen MR) is 112 cm³/mol. The number of nitrogens with one attached hydrogen (secondary N) is 1. The Morgan fingerprint density at radius 2 is 1.93 bits per heavy atom. The molecule has 0 spiro atoms. The molecule has 0 saturated carbocycles. The number of nitrogens with zero attached hydrogens (tertiary/aromatic N) is 3. The average Bonchev–Trinajstić information content (AvgIpc) is 3.13. The maximum atomic E-state index is 12.2. The highest BCUT2D eigenvalue weighted by atomic mass is 16.6. The third-order valence-corrected chi connectivity index (χ3v) is 4.59. The molecule has 152 valence electrons. The molecule has 0 amide bonds. The number of esters is 1. The van der Waals surface area contributed by atoms with Crippen LogP contribution in [-0.4, -0.2) is 22.1 Å². The molecule has 0 aliphatic rings. The maximum Gasteiger partial charge on any atom is 0.340 e. The zero-order chi connectivity index (χ0) is 21.7. The van der Waals surface area contributed by atoms with Crippen molar-refractivity contribution in [2.75, 3.05) is 11.9 Å². The van der Waals surface area contributed by atoms with Crippen LogP contribution in [0.15, 0.2) is 54.6 Å². The summed E-state index contributed by atoms with van der Waals surface area (Å²) in [5.74, 6) is -0.619. The van der Waals surface area contributed by atoms with Crippen molar-refractivity contribution in [3.8, 4) is 11.8 Å². The summed E-state index contributed by atoms with van der Waals surface area (Å²) in [5, 5.41) is 23.7. The van der Waals surface area contributed by atoms with Crippen molar-refractivity contribution < 1.29 is 14.5 Å². The van der Waals surface area contributed by atoms with Gasteiger partial charge in [-0.25, -0.2) is 4.79 Å². The van der Waals surface area contributed by atoms with Crippen LogP contribution in [0, 0.1) is 28.4 Å².